The molecule has 0 aromatic carbocycles. The summed E-state index contributed by atoms with van der Waals surface area (Å²) < 4.78 is 25.0. The first-order valence-corrected chi connectivity index (χ1v) is 2.94. The average Bonchev–Trinajstić information content (AvgIpc) is 2.53. The fourth-order valence-electron chi connectivity index (χ4n) is 0.662. The summed E-state index contributed by atoms with van der Waals surface area (Å²) >= 11 is 0. The van der Waals surface area contributed by atoms with Crippen LogP contribution in [-0.2, 0) is 0 Å². The Morgan fingerprint density at radius 3 is 2.73 bits per heavy atom. The molecule has 0 aliphatic heterocycles. The molecule has 0 fully saturated rings. The van der Waals surface area contributed by atoms with Crippen molar-refractivity contribution in [1.82, 2.24) is 4.98 Å². The number of hydrogen-bond donors (Lipinski definition) is 2. The second-order valence-electron chi connectivity index (χ2n) is 1.91. The number of halogens is 2. The highest BCUT2D eigenvalue weighted by atomic mass is 19.2. The summed E-state index contributed by atoms with van der Waals surface area (Å²) in [4.78, 5) is 2.57. The summed E-state index contributed by atoms with van der Waals surface area (Å²) in [5, 5.41) is 6.43. The minimum Gasteiger partial charge on any atom is -0.367 e. The maximum atomic E-state index is 12.7. The Labute approximate surface area is 62.1 Å². The number of H-pyrrole nitrogens is 1. The van der Waals surface area contributed by atoms with E-state index in [1.54, 1.807) is 0 Å². The molecule has 0 saturated heterocycles. The Hall–Kier alpha value is -1.45. The van der Waals surface area contributed by atoms with Crippen molar-refractivity contribution in [2.24, 2.45) is 0 Å². The summed E-state index contributed by atoms with van der Waals surface area (Å²) in [7, 11) is 0. The molecule has 0 atom stereocenters. The monoisotopic (exact) mass is 156 g/mol. The summed E-state index contributed by atoms with van der Waals surface area (Å²) in [6, 6.07) is 1.39. The van der Waals surface area contributed by atoms with Crippen LogP contribution < -0.4 is 0 Å². The minimum atomic E-state index is -1.16. The van der Waals surface area contributed by atoms with Crippen LogP contribution >= 0.6 is 0 Å². The van der Waals surface area contributed by atoms with Crippen molar-refractivity contribution >= 4 is 12.0 Å². The van der Waals surface area contributed by atoms with E-state index < -0.39 is 11.7 Å². The maximum absolute atomic E-state index is 12.7. The first-order chi connectivity index (χ1) is 5.25. The van der Waals surface area contributed by atoms with Gasteiger partial charge in [-0.1, -0.05) is 0 Å². The third-order valence-corrected chi connectivity index (χ3v) is 1.19. The second-order valence-corrected chi connectivity index (χ2v) is 1.91. The zero-order chi connectivity index (χ0) is 8.27. The van der Waals surface area contributed by atoms with Gasteiger partial charge in [0.15, 0.2) is 11.7 Å². The van der Waals surface area contributed by atoms with Crippen LogP contribution in [0.2, 0.25) is 0 Å². The summed E-state index contributed by atoms with van der Waals surface area (Å²) in [6.07, 6.45) is 3.13. The Bertz CT molecular complexity index is 275. The molecule has 1 heterocycles. The maximum Gasteiger partial charge on any atom is 0.176 e. The summed E-state index contributed by atoms with van der Waals surface area (Å²) in [6.45, 7) is 0. The molecular formula is C7H6F2N2. The van der Waals surface area contributed by atoms with Crippen molar-refractivity contribution in [3.05, 3.63) is 29.9 Å². The van der Waals surface area contributed by atoms with Crippen molar-refractivity contribution in [1.29, 1.82) is 5.41 Å². The van der Waals surface area contributed by atoms with Crippen LogP contribution in [0.4, 0.5) is 8.78 Å². The second kappa shape index (κ2) is 3.09. The first-order valence-electron chi connectivity index (χ1n) is 2.94. The highest BCUT2D eigenvalue weighted by Gasteiger charge is 2.05. The fraction of sp³-hybridized carbons (Fsp3) is 0. The molecule has 0 aliphatic carbocycles. The van der Waals surface area contributed by atoms with E-state index in [9.17, 15) is 8.78 Å². The first kappa shape index (κ1) is 7.65. The van der Waals surface area contributed by atoms with Gasteiger partial charge in [0, 0.05) is 18.0 Å². The number of allylic oxidation sites excluding steroid dienone is 1. The molecule has 2 nitrogen and oxygen atoms in total. The SMILES string of the molecule is N=CC(F)=C(F)c1cc[nH]c1. The van der Waals surface area contributed by atoms with Crippen molar-refractivity contribution in [3.8, 4) is 0 Å². The molecule has 0 unspecified atom stereocenters. The number of rotatable bonds is 2. The quantitative estimate of drug-likeness (QED) is 0.616. The topological polar surface area (TPSA) is 39.6 Å². The molecule has 0 radical (unpaired) electrons. The van der Waals surface area contributed by atoms with Crippen LogP contribution in [0.15, 0.2) is 24.3 Å². The standard InChI is InChI=1S/C7H6F2N2/c8-6(3-10)7(9)5-1-2-11-4-5/h1-4,10-11H. The number of nitrogens with one attached hydrogen (secondary N) is 2. The van der Waals surface area contributed by atoms with Crippen molar-refractivity contribution in [3.63, 3.8) is 0 Å². The van der Waals surface area contributed by atoms with Gasteiger partial charge in [0.25, 0.3) is 0 Å². The molecule has 0 amide bonds. The highest BCUT2D eigenvalue weighted by Crippen LogP contribution is 2.18. The molecule has 58 valence electrons. The predicted octanol–water partition coefficient (Wildman–Crippen LogP) is 2.27. The lowest BCUT2D eigenvalue weighted by Crippen LogP contribution is -1.79. The van der Waals surface area contributed by atoms with E-state index in [0.29, 0.717) is 6.21 Å². The fourth-order valence-corrected chi connectivity index (χ4v) is 0.662. The summed E-state index contributed by atoms with van der Waals surface area (Å²) in [5.41, 5.74) is 0.117. The van der Waals surface area contributed by atoms with Gasteiger partial charge < -0.3 is 10.4 Å². The highest BCUT2D eigenvalue weighted by molar-refractivity contribution is 5.84. The molecule has 4 heteroatoms. The molecule has 0 aliphatic rings. The van der Waals surface area contributed by atoms with Gasteiger partial charge in [0.2, 0.25) is 0 Å². The molecule has 0 saturated carbocycles. The van der Waals surface area contributed by atoms with Crippen LogP contribution in [0.25, 0.3) is 5.83 Å². The van der Waals surface area contributed by atoms with E-state index in [2.05, 4.69) is 4.98 Å². The van der Waals surface area contributed by atoms with E-state index in [0.717, 1.165) is 0 Å². The predicted molar refractivity (Wildman–Crippen MR) is 38.7 cm³/mol. The van der Waals surface area contributed by atoms with E-state index in [1.807, 2.05) is 0 Å². The van der Waals surface area contributed by atoms with Crippen LogP contribution in [0.1, 0.15) is 5.56 Å². The van der Waals surface area contributed by atoms with E-state index in [-0.39, 0.29) is 5.56 Å². The third-order valence-electron chi connectivity index (χ3n) is 1.19. The van der Waals surface area contributed by atoms with Crippen LogP contribution in [-0.4, -0.2) is 11.2 Å². The van der Waals surface area contributed by atoms with Gasteiger partial charge in [-0.3, -0.25) is 0 Å². The van der Waals surface area contributed by atoms with Gasteiger partial charge in [-0.05, 0) is 6.07 Å². The number of aromatic nitrogens is 1. The molecule has 11 heavy (non-hydrogen) atoms. The van der Waals surface area contributed by atoms with Crippen LogP contribution in [0.3, 0.4) is 0 Å². The van der Waals surface area contributed by atoms with Crippen LogP contribution in [0, 0.1) is 5.41 Å². The van der Waals surface area contributed by atoms with Gasteiger partial charge >= 0.3 is 0 Å². The zero-order valence-corrected chi connectivity index (χ0v) is 5.57. The Morgan fingerprint density at radius 1 is 1.55 bits per heavy atom. The Morgan fingerprint density at radius 2 is 2.27 bits per heavy atom. The Kier molecular flexibility index (Phi) is 2.15. The van der Waals surface area contributed by atoms with Gasteiger partial charge in [-0.15, -0.1) is 0 Å². The smallest absolute Gasteiger partial charge is 0.176 e. The van der Waals surface area contributed by atoms with E-state index in [4.69, 9.17) is 5.41 Å². The zero-order valence-electron chi connectivity index (χ0n) is 5.57. The summed E-state index contributed by atoms with van der Waals surface area (Å²) in [5.74, 6) is -2.18. The molecule has 1 aromatic heterocycles. The molecular weight excluding hydrogens is 150 g/mol. The number of hydrogen-bond acceptors (Lipinski definition) is 1. The molecule has 0 bridgehead atoms. The average molecular weight is 156 g/mol. The van der Waals surface area contributed by atoms with Gasteiger partial charge in [0.05, 0.1) is 6.21 Å². The van der Waals surface area contributed by atoms with Crippen molar-refractivity contribution in [2.45, 2.75) is 0 Å². The molecule has 1 rings (SSSR count). The molecule has 1 aromatic rings. The van der Waals surface area contributed by atoms with Gasteiger partial charge in [0.1, 0.15) is 0 Å². The third kappa shape index (κ3) is 1.52. The van der Waals surface area contributed by atoms with Crippen molar-refractivity contribution in [2.75, 3.05) is 0 Å². The number of aromatic amines is 1. The minimum absolute atomic E-state index is 0.117. The molecule has 2 N–H and O–H groups in total. The lowest BCUT2D eigenvalue weighted by atomic mass is 10.3. The van der Waals surface area contributed by atoms with Crippen molar-refractivity contribution < 1.29 is 8.78 Å². The Balaban J connectivity index is 3.02. The van der Waals surface area contributed by atoms with Gasteiger partial charge in [-0.2, -0.15) is 0 Å². The van der Waals surface area contributed by atoms with Crippen LogP contribution in [0.5, 0.6) is 0 Å². The van der Waals surface area contributed by atoms with Gasteiger partial charge in [-0.25, -0.2) is 8.78 Å². The van der Waals surface area contributed by atoms with E-state index >= 15 is 0 Å². The normalized spacial score (nSPS) is 12.5. The lowest BCUT2D eigenvalue weighted by Gasteiger charge is -1.90. The van der Waals surface area contributed by atoms with E-state index in [1.165, 1.54) is 18.5 Å². The largest absolute Gasteiger partial charge is 0.367 e. The molecule has 0 spiro atoms. The lowest BCUT2D eigenvalue weighted by molar-refractivity contribution is 0.643.